The third-order valence-electron chi connectivity index (χ3n) is 5.87. The van der Waals surface area contributed by atoms with Crippen LogP contribution in [0.5, 0.6) is 11.5 Å². The highest BCUT2D eigenvalue weighted by Crippen LogP contribution is 2.43. The second-order valence-corrected chi connectivity index (χ2v) is 8.52. The molecular weight excluding hydrogens is 548 g/mol. The van der Waals surface area contributed by atoms with Gasteiger partial charge in [-0.1, -0.05) is 24.3 Å². The first-order chi connectivity index (χ1) is 18.7. The lowest BCUT2D eigenvalue weighted by Gasteiger charge is -2.20. The Bertz CT molecular complexity index is 1590. The topological polar surface area (TPSA) is 113 Å². The van der Waals surface area contributed by atoms with E-state index in [-0.39, 0.29) is 46.8 Å². The van der Waals surface area contributed by atoms with Crippen LogP contribution in [-0.2, 0) is 12.4 Å². The number of rotatable bonds is 8. The van der Waals surface area contributed by atoms with Crippen LogP contribution in [0, 0.1) is 0 Å². The van der Waals surface area contributed by atoms with Crippen molar-refractivity contribution in [3.8, 4) is 33.8 Å². The van der Waals surface area contributed by atoms with Gasteiger partial charge < -0.3 is 20.3 Å². The second-order valence-electron chi connectivity index (χ2n) is 8.52. The van der Waals surface area contributed by atoms with E-state index in [0.717, 1.165) is 48.5 Å². The number of anilines is 1. The van der Waals surface area contributed by atoms with Crippen LogP contribution in [0.15, 0.2) is 70.3 Å². The molecule has 0 bridgehead atoms. The van der Waals surface area contributed by atoms with Gasteiger partial charge in [0.05, 0.1) is 16.7 Å². The van der Waals surface area contributed by atoms with Crippen LogP contribution in [0.1, 0.15) is 21.5 Å². The van der Waals surface area contributed by atoms with Crippen LogP contribution in [-0.4, -0.2) is 29.3 Å². The minimum atomic E-state index is -4.75. The Labute approximate surface area is 220 Å². The summed E-state index contributed by atoms with van der Waals surface area (Å²) in [7, 11) is 0. The predicted octanol–water partition coefficient (Wildman–Crippen LogP) is 5.55. The van der Waals surface area contributed by atoms with Gasteiger partial charge in [-0.05, 0) is 47.5 Å². The summed E-state index contributed by atoms with van der Waals surface area (Å²) in [6, 6.07) is 9.77. The highest BCUT2D eigenvalue weighted by Gasteiger charge is 2.32. The standard InChI is InChI=1S/C27H17F6NO6/c28-26(29,30)16-5-1-3-13(9-16)18-11-15(25(38)39)12-19(14-4-2-6-17(10-14)27(31,32)33)24(18)40-8-7-34-20-21(35)23(37)22(20)36/h1-6,9-12,34-35H,7-8H2,(H,38,39). The van der Waals surface area contributed by atoms with Crippen molar-refractivity contribution in [3.05, 3.63) is 97.8 Å². The van der Waals surface area contributed by atoms with E-state index < -0.39 is 51.6 Å². The molecular formula is C27H17F6NO6. The van der Waals surface area contributed by atoms with E-state index in [2.05, 4.69) is 5.32 Å². The predicted molar refractivity (Wildman–Crippen MR) is 131 cm³/mol. The number of carboxylic acid groups (broad SMARTS) is 1. The molecule has 0 fully saturated rings. The van der Waals surface area contributed by atoms with Crippen molar-refractivity contribution in [2.24, 2.45) is 0 Å². The number of alkyl halides is 6. The molecule has 0 aromatic heterocycles. The Kier molecular flexibility index (Phi) is 7.33. The second kappa shape index (κ2) is 10.4. The van der Waals surface area contributed by atoms with E-state index in [1.165, 1.54) is 12.1 Å². The molecule has 7 nitrogen and oxygen atoms in total. The zero-order valence-corrected chi connectivity index (χ0v) is 20.0. The molecule has 0 unspecified atom stereocenters. The van der Waals surface area contributed by atoms with Crippen molar-refractivity contribution in [3.63, 3.8) is 0 Å². The summed E-state index contributed by atoms with van der Waals surface area (Å²) in [5, 5.41) is 21.6. The van der Waals surface area contributed by atoms with Crippen molar-refractivity contribution < 1.29 is 46.1 Å². The van der Waals surface area contributed by atoms with Crippen molar-refractivity contribution in [1.82, 2.24) is 0 Å². The molecule has 40 heavy (non-hydrogen) atoms. The van der Waals surface area contributed by atoms with Crippen molar-refractivity contribution in [2.45, 2.75) is 12.4 Å². The molecule has 0 saturated carbocycles. The highest BCUT2D eigenvalue weighted by atomic mass is 19.4. The average molecular weight is 565 g/mol. The first-order valence-electron chi connectivity index (χ1n) is 11.3. The Balaban J connectivity index is 1.85. The molecule has 3 N–H and O–H groups in total. The molecule has 0 atom stereocenters. The number of aromatic hydroxyl groups is 1. The normalized spacial score (nSPS) is 11.9. The average Bonchev–Trinajstić information content (AvgIpc) is 2.91. The Hall–Kier alpha value is -4.81. The molecule has 0 aliphatic rings. The van der Waals surface area contributed by atoms with Gasteiger partial charge in [-0.25, -0.2) is 4.79 Å². The van der Waals surface area contributed by atoms with Gasteiger partial charge >= 0.3 is 18.3 Å². The quantitative estimate of drug-likeness (QED) is 0.146. The summed E-state index contributed by atoms with van der Waals surface area (Å²) in [6.07, 6.45) is -9.50. The number of hydrogen-bond acceptors (Lipinski definition) is 6. The van der Waals surface area contributed by atoms with E-state index in [4.69, 9.17) is 4.74 Å². The number of halogens is 6. The molecule has 208 valence electrons. The van der Waals surface area contributed by atoms with E-state index in [1.54, 1.807) is 0 Å². The van der Waals surface area contributed by atoms with Gasteiger partial charge in [0, 0.05) is 17.7 Å². The van der Waals surface area contributed by atoms with E-state index in [9.17, 15) is 50.9 Å². The molecule has 0 radical (unpaired) electrons. The maximum Gasteiger partial charge on any atom is 0.416 e. The molecule has 13 heteroatoms. The molecule has 4 aromatic carbocycles. The van der Waals surface area contributed by atoms with Gasteiger partial charge in [0.2, 0.25) is 0 Å². The minimum Gasteiger partial charge on any atom is -0.502 e. The Morgan fingerprint density at radius 3 is 1.73 bits per heavy atom. The van der Waals surface area contributed by atoms with Crippen LogP contribution in [0.25, 0.3) is 22.3 Å². The SMILES string of the molecule is O=C(O)c1cc(-c2cccc(C(F)(F)F)c2)c(OCCNc2c(O)c(=O)c2=O)c(-c2cccc(C(F)(F)F)c2)c1. The first-order valence-corrected chi connectivity index (χ1v) is 11.3. The largest absolute Gasteiger partial charge is 0.502 e. The first kappa shape index (κ1) is 28.2. The van der Waals surface area contributed by atoms with E-state index in [1.807, 2.05) is 0 Å². The molecule has 0 amide bonds. The van der Waals surface area contributed by atoms with Gasteiger partial charge in [-0.2, -0.15) is 26.3 Å². The van der Waals surface area contributed by atoms with Crippen LogP contribution >= 0.6 is 0 Å². The van der Waals surface area contributed by atoms with Crippen LogP contribution < -0.4 is 20.9 Å². The number of benzene rings is 3. The zero-order valence-electron chi connectivity index (χ0n) is 20.0. The summed E-state index contributed by atoms with van der Waals surface area (Å²) in [6.45, 7) is -0.578. The smallest absolute Gasteiger partial charge is 0.416 e. The van der Waals surface area contributed by atoms with Crippen molar-refractivity contribution >= 4 is 11.7 Å². The Morgan fingerprint density at radius 1 is 0.800 bits per heavy atom. The number of hydrogen-bond donors (Lipinski definition) is 3. The lowest BCUT2D eigenvalue weighted by molar-refractivity contribution is -0.138. The summed E-state index contributed by atoms with van der Waals surface area (Å²) in [5.74, 6) is -2.52. The summed E-state index contributed by atoms with van der Waals surface area (Å²) in [5.41, 5.74) is -5.56. The lowest BCUT2D eigenvalue weighted by Crippen LogP contribution is -2.34. The lowest BCUT2D eigenvalue weighted by atomic mass is 9.93. The summed E-state index contributed by atoms with van der Waals surface area (Å²) in [4.78, 5) is 34.6. The van der Waals surface area contributed by atoms with Crippen LogP contribution in [0.4, 0.5) is 32.0 Å². The number of carbonyl (C=O) groups is 1. The van der Waals surface area contributed by atoms with Crippen molar-refractivity contribution in [1.29, 1.82) is 0 Å². The third kappa shape index (κ3) is 5.63. The maximum absolute atomic E-state index is 13.4. The molecule has 0 aliphatic heterocycles. The highest BCUT2D eigenvalue weighted by molar-refractivity contribution is 5.95. The fourth-order valence-corrected chi connectivity index (χ4v) is 3.94. The Morgan fingerprint density at radius 2 is 1.30 bits per heavy atom. The number of nitrogens with one attached hydrogen (secondary N) is 1. The van der Waals surface area contributed by atoms with Gasteiger partial charge in [0.15, 0.2) is 5.75 Å². The molecule has 0 spiro atoms. The van der Waals surface area contributed by atoms with Gasteiger partial charge in [0.1, 0.15) is 18.0 Å². The van der Waals surface area contributed by atoms with E-state index >= 15 is 0 Å². The number of ether oxygens (including phenoxy) is 1. The van der Waals surface area contributed by atoms with Crippen LogP contribution in [0.2, 0.25) is 0 Å². The molecule has 0 aliphatic carbocycles. The molecule has 0 saturated heterocycles. The van der Waals surface area contributed by atoms with Gasteiger partial charge in [0.25, 0.3) is 10.9 Å². The van der Waals surface area contributed by atoms with Gasteiger partial charge in [-0.3, -0.25) is 9.59 Å². The maximum atomic E-state index is 13.4. The van der Waals surface area contributed by atoms with E-state index in [0.29, 0.717) is 0 Å². The molecule has 4 aromatic rings. The van der Waals surface area contributed by atoms with Crippen LogP contribution in [0.3, 0.4) is 0 Å². The molecule has 4 rings (SSSR count). The third-order valence-corrected chi connectivity index (χ3v) is 5.87. The monoisotopic (exact) mass is 565 g/mol. The summed E-state index contributed by atoms with van der Waals surface area (Å²) < 4.78 is 86.3. The summed E-state index contributed by atoms with van der Waals surface area (Å²) >= 11 is 0. The number of aromatic carboxylic acids is 1. The number of carboxylic acids is 1. The van der Waals surface area contributed by atoms with Gasteiger partial charge in [-0.15, -0.1) is 0 Å². The fraction of sp³-hybridized carbons (Fsp3) is 0.148. The minimum absolute atomic E-state index is 0.130. The molecule has 0 heterocycles. The zero-order chi connectivity index (χ0) is 29.4. The van der Waals surface area contributed by atoms with Crippen molar-refractivity contribution in [2.75, 3.05) is 18.5 Å². The fourth-order valence-electron chi connectivity index (χ4n) is 3.94.